The van der Waals surface area contributed by atoms with E-state index in [1.54, 1.807) is 6.07 Å². The summed E-state index contributed by atoms with van der Waals surface area (Å²) in [6, 6.07) is 13.5. The Kier molecular flexibility index (Phi) is 3.53. The lowest BCUT2D eigenvalue weighted by Gasteiger charge is -2.30. The number of hydrogen-bond acceptors (Lipinski definition) is 3. The Labute approximate surface area is 111 Å². The lowest BCUT2D eigenvalue weighted by molar-refractivity contribution is -0.0000590. The number of benzene rings is 1. The summed E-state index contributed by atoms with van der Waals surface area (Å²) in [7, 11) is 0. The van der Waals surface area contributed by atoms with E-state index in [9.17, 15) is 4.39 Å². The predicted molar refractivity (Wildman–Crippen MR) is 70.1 cm³/mol. The molecule has 1 fully saturated rings. The zero-order chi connectivity index (χ0) is 13.1. The highest BCUT2D eigenvalue weighted by Crippen LogP contribution is 2.24. The molecule has 3 rings (SSSR count). The molecular formula is C15H15FN2O. The molecule has 2 unspecified atom stereocenters. The van der Waals surface area contributed by atoms with Crippen LogP contribution in [0, 0.1) is 5.82 Å². The summed E-state index contributed by atoms with van der Waals surface area (Å²) in [5.41, 5.74) is 1.98. The van der Waals surface area contributed by atoms with Crippen molar-refractivity contribution in [1.29, 1.82) is 0 Å². The molecule has 1 aromatic carbocycles. The molecule has 1 N–H and O–H groups in total. The fourth-order valence-electron chi connectivity index (χ4n) is 2.25. The maximum Gasteiger partial charge on any atom is 0.141 e. The molecule has 0 bridgehead atoms. The molecule has 1 aromatic heterocycles. The molecule has 19 heavy (non-hydrogen) atoms. The molecular weight excluding hydrogens is 243 g/mol. The van der Waals surface area contributed by atoms with Crippen molar-refractivity contribution in [2.45, 2.75) is 12.1 Å². The molecule has 98 valence electrons. The van der Waals surface area contributed by atoms with Crippen molar-refractivity contribution in [2.75, 3.05) is 13.2 Å². The summed E-state index contributed by atoms with van der Waals surface area (Å²) < 4.78 is 18.6. The van der Waals surface area contributed by atoms with Gasteiger partial charge in [0.2, 0.25) is 0 Å². The van der Waals surface area contributed by atoms with Crippen molar-refractivity contribution in [1.82, 2.24) is 10.3 Å². The van der Waals surface area contributed by atoms with Crippen LogP contribution in [0.25, 0.3) is 0 Å². The van der Waals surface area contributed by atoms with E-state index in [2.05, 4.69) is 22.4 Å². The zero-order valence-electron chi connectivity index (χ0n) is 10.4. The van der Waals surface area contributed by atoms with Gasteiger partial charge in [-0.3, -0.25) is 4.98 Å². The fraction of sp³-hybridized carbons (Fsp3) is 0.267. The molecule has 0 aliphatic carbocycles. The molecule has 2 heterocycles. The number of aromatic nitrogens is 1. The molecule has 3 nitrogen and oxygen atoms in total. The van der Waals surface area contributed by atoms with Gasteiger partial charge in [0.1, 0.15) is 11.9 Å². The molecule has 0 amide bonds. The molecule has 1 aliphatic rings. The van der Waals surface area contributed by atoms with Crippen molar-refractivity contribution in [3.05, 3.63) is 65.7 Å². The third-order valence-corrected chi connectivity index (χ3v) is 3.30. The van der Waals surface area contributed by atoms with Crippen molar-refractivity contribution < 1.29 is 9.13 Å². The van der Waals surface area contributed by atoms with Gasteiger partial charge in [-0.1, -0.05) is 30.3 Å². The minimum Gasteiger partial charge on any atom is -0.369 e. The Hall–Kier alpha value is -1.78. The topological polar surface area (TPSA) is 34.1 Å². The Bertz CT molecular complexity index is 522. The second-order valence-corrected chi connectivity index (χ2v) is 4.59. The van der Waals surface area contributed by atoms with Crippen LogP contribution in [-0.4, -0.2) is 18.1 Å². The van der Waals surface area contributed by atoms with E-state index >= 15 is 0 Å². The Morgan fingerprint density at radius 1 is 1.16 bits per heavy atom. The van der Waals surface area contributed by atoms with Crippen LogP contribution in [0.4, 0.5) is 4.39 Å². The molecule has 4 heteroatoms. The van der Waals surface area contributed by atoms with E-state index in [1.165, 1.54) is 17.8 Å². The lowest BCUT2D eigenvalue weighted by Crippen LogP contribution is -2.37. The summed E-state index contributed by atoms with van der Waals surface area (Å²) in [6.07, 6.45) is 1.11. The normalized spacial score (nSPS) is 23.2. The van der Waals surface area contributed by atoms with Crippen LogP contribution in [0.15, 0.2) is 48.7 Å². The molecule has 0 radical (unpaired) electrons. The summed E-state index contributed by atoms with van der Waals surface area (Å²) in [5.74, 6) is -0.324. The summed E-state index contributed by atoms with van der Waals surface area (Å²) >= 11 is 0. The molecule has 1 aliphatic heterocycles. The van der Waals surface area contributed by atoms with E-state index in [0.29, 0.717) is 13.2 Å². The van der Waals surface area contributed by atoms with E-state index in [-0.39, 0.29) is 18.0 Å². The Balaban J connectivity index is 1.65. The van der Waals surface area contributed by atoms with Crippen LogP contribution >= 0.6 is 0 Å². The standard InChI is InChI=1S/C15H15FN2O/c16-12-6-7-13(17-8-12)15-9-18-14(10-19-15)11-4-2-1-3-5-11/h1-8,14-15,18H,9-10H2. The van der Waals surface area contributed by atoms with E-state index in [0.717, 1.165) is 5.69 Å². The van der Waals surface area contributed by atoms with Gasteiger partial charge in [0, 0.05) is 6.54 Å². The van der Waals surface area contributed by atoms with Crippen LogP contribution < -0.4 is 5.32 Å². The van der Waals surface area contributed by atoms with E-state index in [1.807, 2.05) is 18.2 Å². The number of pyridine rings is 1. The summed E-state index contributed by atoms with van der Waals surface area (Å²) in [4.78, 5) is 4.06. The van der Waals surface area contributed by atoms with Gasteiger partial charge < -0.3 is 10.1 Å². The largest absolute Gasteiger partial charge is 0.369 e. The summed E-state index contributed by atoms with van der Waals surface area (Å²) in [6.45, 7) is 1.27. The number of morpholine rings is 1. The van der Waals surface area contributed by atoms with Gasteiger partial charge in [-0.25, -0.2) is 4.39 Å². The van der Waals surface area contributed by atoms with Gasteiger partial charge in [-0.05, 0) is 17.7 Å². The van der Waals surface area contributed by atoms with E-state index in [4.69, 9.17) is 4.74 Å². The third-order valence-electron chi connectivity index (χ3n) is 3.30. The van der Waals surface area contributed by atoms with Crippen LogP contribution in [0.3, 0.4) is 0 Å². The first-order valence-electron chi connectivity index (χ1n) is 6.34. The van der Waals surface area contributed by atoms with Crippen LogP contribution in [-0.2, 0) is 4.74 Å². The smallest absolute Gasteiger partial charge is 0.141 e. The van der Waals surface area contributed by atoms with Crippen LogP contribution in [0.5, 0.6) is 0 Å². The van der Waals surface area contributed by atoms with Crippen LogP contribution in [0.1, 0.15) is 23.4 Å². The number of hydrogen-bond donors (Lipinski definition) is 1. The summed E-state index contributed by atoms with van der Waals surface area (Å²) in [5, 5.41) is 3.44. The first-order valence-corrected chi connectivity index (χ1v) is 6.34. The SMILES string of the molecule is Fc1ccc(C2CNC(c3ccccc3)CO2)nc1. The Morgan fingerprint density at radius 2 is 2.00 bits per heavy atom. The van der Waals surface area contributed by atoms with Crippen molar-refractivity contribution in [2.24, 2.45) is 0 Å². The molecule has 0 saturated carbocycles. The fourth-order valence-corrected chi connectivity index (χ4v) is 2.25. The van der Waals surface area contributed by atoms with Gasteiger partial charge in [0.15, 0.2) is 0 Å². The number of rotatable bonds is 2. The van der Waals surface area contributed by atoms with Gasteiger partial charge in [0.25, 0.3) is 0 Å². The van der Waals surface area contributed by atoms with Crippen molar-refractivity contribution >= 4 is 0 Å². The Morgan fingerprint density at radius 3 is 2.63 bits per heavy atom. The maximum absolute atomic E-state index is 12.8. The number of halogens is 1. The highest BCUT2D eigenvalue weighted by atomic mass is 19.1. The van der Waals surface area contributed by atoms with E-state index < -0.39 is 0 Å². The highest BCUT2D eigenvalue weighted by Gasteiger charge is 2.23. The first-order chi connectivity index (χ1) is 9.33. The van der Waals surface area contributed by atoms with Gasteiger partial charge in [-0.2, -0.15) is 0 Å². The van der Waals surface area contributed by atoms with Crippen molar-refractivity contribution in [3.8, 4) is 0 Å². The average Bonchev–Trinajstić information content (AvgIpc) is 2.49. The lowest BCUT2D eigenvalue weighted by atomic mass is 10.1. The van der Waals surface area contributed by atoms with Gasteiger partial charge in [0.05, 0.1) is 24.5 Å². The van der Waals surface area contributed by atoms with Crippen molar-refractivity contribution in [3.63, 3.8) is 0 Å². The van der Waals surface area contributed by atoms with Gasteiger partial charge in [-0.15, -0.1) is 0 Å². The molecule has 2 aromatic rings. The second-order valence-electron chi connectivity index (χ2n) is 4.59. The number of nitrogens with one attached hydrogen (secondary N) is 1. The maximum atomic E-state index is 12.8. The zero-order valence-corrected chi connectivity index (χ0v) is 10.4. The van der Waals surface area contributed by atoms with Crippen LogP contribution in [0.2, 0.25) is 0 Å². The number of ether oxygens (including phenoxy) is 1. The minimum absolute atomic E-state index is 0.111. The quantitative estimate of drug-likeness (QED) is 0.899. The minimum atomic E-state index is -0.324. The molecule has 1 saturated heterocycles. The highest BCUT2D eigenvalue weighted by molar-refractivity contribution is 5.20. The monoisotopic (exact) mass is 258 g/mol. The molecule has 2 atom stereocenters. The number of nitrogens with zero attached hydrogens (tertiary/aromatic N) is 1. The second kappa shape index (κ2) is 5.47. The first kappa shape index (κ1) is 12.3. The van der Waals surface area contributed by atoms with Gasteiger partial charge >= 0.3 is 0 Å². The predicted octanol–water partition coefficient (Wildman–Crippen LogP) is 2.62. The average molecular weight is 258 g/mol. The third kappa shape index (κ3) is 2.80. The molecule has 0 spiro atoms.